The van der Waals surface area contributed by atoms with E-state index in [2.05, 4.69) is 15.4 Å². The quantitative estimate of drug-likeness (QED) is 0.398. The molecule has 2 aromatic carbocycles. The van der Waals surface area contributed by atoms with Gasteiger partial charge in [0, 0.05) is 11.8 Å². The zero-order chi connectivity index (χ0) is 24.5. The van der Waals surface area contributed by atoms with Crippen molar-refractivity contribution in [2.24, 2.45) is 0 Å². The van der Waals surface area contributed by atoms with Gasteiger partial charge in [0.15, 0.2) is 12.3 Å². The molecule has 0 aliphatic heterocycles. The Bertz CT molecular complexity index is 1330. The monoisotopic (exact) mass is 468 g/mol. The second kappa shape index (κ2) is 9.17. The van der Waals surface area contributed by atoms with E-state index >= 15 is 0 Å². The molecule has 6 nitrogen and oxygen atoms in total. The number of halogens is 3. The van der Waals surface area contributed by atoms with Crippen LogP contribution in [0.3, 0.4) is 0 Å². The van der Waals surface area contributed by atoms with E-state index in [0.717, 1.165) is 23.6 Å². The Balaban J connectivity index is 1.67. The lowest BCUT2D eigenvalue weighted by Crippen LogP contribution is -2.20. The van der Waals surface area contributed by atoms with Gasteiger partial charge in [-0.3, -0.25) is 4.79 Å². The van der Waals surface area contributed by atoms with Gasteiger partial charge in [-0.1, -0.05) is 36.8 Å². The average Bonchev–Trinajstić information content (AvgIpc) is 3.14. The van der Waals surface area contributed by atoms with Crippen molar-refractivity contribution in [3.63, 3.8) is 0 Å². The summed E-state index contributed by atoms with van der Waals surface area (Å²) in [5.41, 5.74) is 2.53. The number of carbonyl (C=O) groups excluding carboxylic acids is 1. The fraction of sp³-hybridized carbons (Fsp3) is 0.240. The van der Waals surface area contributed by atoms with Crippen LogP contribution in [0.2, 0.25) is 0 Å². The molecule has 0 saturated carbocycles. The van der Waals surface area contributed by atoms with Crippen LogP contribution >= 0.6 is 0 Å². The highest BCUT2D eigenvalue weighted by Gasteiger charge is 2.36. The molecular weight excluding hydrogens is 445 g/mol. The molecule has 0 aliphatic rings. The number of ether oxygens (including phenoxy) is 1. The van der Waals surface area contributed by atoms with Gasteiger partial charge in [-0.15, -0.1) is 0 Å². The first-order valence-corrected chi connectivity index (χ1v) is 10.7. The number of nitrogens with zero attached hydrogens (tertiary/aromatic N) is 3. The number of carbonyl (C=O) groups is 1. The third-order valence-electron chi connectivity index (χ3n) is 5.37. The molecule has 1 N–H and O–H groups in total. The van der Waals surface area contributed by atoms with Gasteiger partial charge < -0.3 is 10.1 Å². The number of hydrogen-bond acceptors (Lipinski definition) is 4. The minimum Gasteiger partial charge on any atom is -0.467 e. The van der Waals surface area contributed by atoms with Crippen molar-refractivity contribution in [3.8, 4) is 11.6 Å². The second-order valence-electron chi connectivity index (χ2n) is 7.92. The molecule has 176 valence electrons. The third kappa shape index (κ3) is 4.88. The van der Waals surface area contributed by atoms with Crippen LogP contribution < -0.4 is 10.1 Å². The summed E-state index contributed by atoms with van der Waals surface area (Å²) in [5, 5.41) is 6.84. The summed E-state index contributed by atoms with van der Waals surface area (Å²) in [7, 11) is 0. The van der Waals surface area contributed by atoms with Crippen LogP contribution in [0.25, 0.3) is 16.7 Å². The number of aryl methyl sites for hydroxylation is 3. The molecule has 0 fully saturated rings. The number of amides is 1. The topological polar surface area (TPSA) is 69.0 Å². The fourth-order valence-electron chi connectivity index (χ4n) is 3.59. The van der Waals surface area contributed by atoms with E-state index in [-0.39, 0.29) is 22.6 Å². The van der Waals surface area contributed by atoms with Crippen LogP contribution in [0.5, 0.6) is 5.88 Å². The minimum atomic E-state index is -4.66. The number of anilines is 1. The Morgan fingerprint density at radius 1 is 1.06 bits per heavy atom. The van der Waals surface area contributed by atoms with Crippen LogP contribution in [0.1, 0.15) is 29.3 Å². The predicted molar refractivity (Wildman–Crippen MR) is 123 cm³/mol. The van der Waals surface area contributed by atoms with Crippen molar-refractivity contribution in [2.45, 2.75) is 33.4 Å². The zero-order valence-corrected chi connectivity index (χ0v) is 18.9. The molecule has 34 heavy (non-hydrogen) atoms. The van der Waals surface area contributed by atoms with Crippen molar-refractivity contribution in [1.82, 2.24) is 14.8 Å². The van der Waals surface area contributed by atoms with Crippen molar-refractivity contribution in [3.05, 3.63) is 77.0 Å². The molecule has 4 aromatic rings. The van der Waals surface area contributed by atoms with Crippen LogP contribution in [0.15, 0.2) is 54.6 Å². The van der Waals surface area contributed by atoms with Gasteiger partial charge in [-0.25, -0.2) is 4.68 Å². The van der Waals surface area contributed by atoms with Crippen molar-refractivity contribution in [1.29, 1.82) is 0 Å². The first-order valence-electron chi connectivity index (χ1n) is 10.7. The van der Waals surface area contributed by atoms with Gasteiger partial charge in [0.2, 0.25) is 5.88 Å². The molecule has 0 saturated heterocycles. The molecule has 1 amide bonds. The SMILES string of the molecule is CCc1ccc(-n2nc(C)c3c(C(F)(F)F)cc(OCC(=O)Nc4ccc(C)cc4)nc32)cc1. The molecule has 0 spiro atoms. The van der Waals surface area contributed by atoms with Crippen molar-refractivity contribution in [2.75, 3.05) is 11.9 Å². The molecule has 0 atom stereocenters. The first kappa shape index (κ1) is 23.3. The number of rotatable bonds is 6. The van der Waals surface area contributed by atoms with Crippen molar-refractivity contribution < 1.29 is 22.7 Å². The van der Waals surface area contributed by atoms with Crippen LogP contribution in [-0.4, -0.2) is 27.3 Å². The Morgan fingerprint density at radius 3 is 2.35 bits per heavy atom. The van der Waals surface area contributed by atoms with E-state index in [9.17, 15) is 18.0 Å². The smallest absolute Gasteiger partial charge is 0.417 e. The van der Waals surface area contributed by atoms with Gasteiger partial charge in [0.1, 0.15) is 0 Å². The number of hydrogen-bond donors (Lipinski definition) is 1. The molecule has 2 aromatic heterocycles. The third-order valence-corrected chi connectivity index (χ3v) is 5.37. The minimum absolute atomic E-state index is 0.00511. The highest BCUT2D eigenvalue weighted by Crippen LogP contribution is 2.38. The molecule has 2 heterocycles. The first-order chi connectivity index (χ1) is 16.2. The highest BCUT2D eigenvalue weighted by molar-refractivity contribution is 5.92. The summed E-state index contributed by atoms with van der Waals surface area (Å²) < 4.78 is 48.5. The predicted octanol–water partition coefficient (Wildman–Crippen LogP) is 5.64. The Hall–Kier alpha value is -3.88. The van der Waals surface area contributed by atoms with E-state index in [1.807, 2.05) is 38.1 Å². The van der Waals surface area contributed by atoms with Crippen molar-refractivity contribution >= 4 is 22.6 Å². The largest absolute Gasteiger partial charge is 0.467 e. The highest BCUT2D eigenvalue weighted by atomic mass is 19.4. The maximum atomic E-state index is 13.9. The summed E-state index contributed by atoms with van der Waals surface area (Å²) in [4.78, 5) is 16.5. The van der Waals surface area contributed by atoms with Gasteiger partial charge in [0.05, 0.1) is 22.3 Å². The number of fused-ring (bicyclic) bond motifs is 1. The lowest BCUT2D eigenvalue weighted by atomic mass is 10.1. The molecular formula is C25H23F3N4O2. The summed E-state index contributed by atoms with van der Waals surface area (Å²) in [6, 6.07) is 15.3. The van der Waals surface area contributed by atoms with E-state index in [1.54, 1.807) is 24.3 Å². The Labute approximate surface area is 194 Å². The number of alkyl halides is 3. The summed E-state index contributed by atoms with van der Waals surface area (Å²) in [6.45, 7) is 4.94. The van der Waals surface area contributed by atoms with E-state index in [1.165, 1.54) is 11.6 Å². The maximum Gasteiger partial charge on any atom is 0.417 e. The van der Waals surface area contributed by atoms with Crippen LogP contribution in [0.4, 0.5) is 18.9 Å². The normalized spacial score (nSPS) is 11.6. The van der Waals surface area contributed by atoms with E-state index < -0.39 is 24.3 Å². The van der Waals surface area contributed by atoms with E-state index in [0.29, 0.717) is 11.4 Å². The van der Waals surface area contributed by atoms with Crippen LogP contribution in [-0.2, 0) is 17.4 Å². The molecule has 0 bridgehead atoms. The number of pyridine rings is 1. The average molecular weight is 468 g/mol. The van der Waals surface area contributed by atoms with Gasteiger partial charge in [0.25, 0.3) is 5.91 Å². The second-order valence-corrected chi connectivity index (χ2v) is 7.92. The number of nitrogens with one attached hydrogen (secondary N) is 1. The summed E-state index contributed by atoms with van der Waals surface area (Å²) in [5.74, 6) is -0.829. The Morgan fingerprint density at radius 2 is 1.74 bits per heavy atom. The van der Waals surface area contributed by atoms with Gasteiger partial charge >= 0.3 is 6.18 Å². The zero-order valence-electron chi connectivity index (χ0n) is 18.9. The number of aromatic nitrogens is 3. The molecule has 0 unspecified atom stereocenters. The lowest BCUT2D eigenvalue weighted by molar-refractivity contribution is -0.136. The summed E-state index contributed by atoms with van der Waals surface area (Å²) in [6.07, 6.45) is -3.83. The lowest BCUT2D eigenvalue weighted by Gasteiger charge is -2.12. The Kier molecular flexibility index (Phi) is 6.28. The van der Waals surface area contributed by atoms with Gasteiger partial charge in [-0.2, -0.15) is 23.3 Å². The molecule has 4 rings (SSSR count). The van der Waals surface area contributed by atoms with Crippen LogP contribution in [0, 0.1) is 13.8 Å². The molecule has 0 aliphatic carbocycles. The van der Waals surface area contributed by atoms with E-state index in [4.69, 9.17) is 4.74 Å². The fourth-order valence-corrected chi connectivity index (χ4v) is 3.59. The molecule has 9 heteroatoms. The maximum absolute atomic E-state index is 13.9. The summed E-state index contributed by atoms with van der Waals surface area (Å²) >= 11 is 0. The van der Waals surface area contributed by atoms with Gasteiger partial charge in [-0.05, 0) is 50.1 Å². The standard InChI is InChI=1S/C25H23F3N4O2/c1-4-17-7-11-19(12-8-17)32-24-23(16(3)31-32)20(25(26,27)28)13-22(30-24)34-14-21(33)29-18-9-5-15(2)6-10-18/h5-13H,4,14H2,1-3H3,(H,29,33). The molecule has 0 radical (unpaired) electrons. The number of benzene rings is 2.